The molecule has 1 saturated heterocycles. The first-order valence-corrected chi connectivity index (χ1v) is 6.72. The molecule has 1 unspecified atom stereocenters. The molecule has 1 aliphatic heterocycles. The molecule has 2 N–H and O–H groups in total. The van der Waals surface area contributed by atoms with Crippen LogP contribution in [0.25, 0.3) is 0 Å². The maximum absolute atomic E-state index is 12.4. The summed E-state index contributed by atoms with van der Waals surface area (Å²) in [5.41, 5.74) is 0.186. The second-order valence-corrected chi connectivity index (χ2v) is 4.85. The van der Waals surface area contributed by atoms with Gasteiger partial charge in [-0.25, -0.2) is 0 Å². The molecule has 21 heavy (non-hydrogen) atoms. The summed E-state index contributed by atoms with van der Waals surface area (Å²) >= 11 is 0. The van der Waals surface area contributed by atoms with Crippen molar-refractivity contribution in [2.45, 2.75) is 19.5 Å². The number of amides is 1. The third-order valence-corrected chi connectivity index (χ3v) is 3.31. The number of carbonyl (C=O) groups excluding carboxylic acids is 1. The first kappa shape index (κ1) is 15.5. The number of anilines is 1. The number of rotatable bonds is 6. The maximum Gasteiger partial charge on any atom is 0.387 e. The van der Waals surface area contributed by atoms with E-state index in [1.807, 2.05) is 0 Å². The minimum absolute atomic E-state index is 0.0799. The van der Waals surface area contributed by atoms with E-state index in [1.165, 1.54) is 25.3 Å². The Morgan fingerprint density at radius 1 is 1.52 bits per heavy atom. The van der Waals surface area contributed by atoms with Crippen LogP contribution in [-0.2, 0) is 4.79 Å². The summed E-state index contributed by atoms with van der Waals surface area (Å²) in [5.74, 6) is 0.421. The van der Waals surface area contributed by atoms with Gasteiger partial charge in [0.05, 0.1) is 12.8 Å². The standard InChI is InChI=1S/C14H18F2N2O3/c1-20-10-2-3-12(21-14(15)16)11(7-10)18-13(19)6-9-4-5-17-8-9/h2-3,7,9,14,17H,4-6,8H2,1H3,(H,18,19). The van der Waals surface area contributed by atoms with Gasteiger partial charge in [0.25, 0.3) is 0 Å². The zero-order valence-electron chi connectivity index (χ0n) is 11.7. The number of nitrogens with one attached hydrogen (secondary N) is 2. The highest BCUT2D eigenvalue weighted by atomic mass is 19.3. The minimum Gasteiger partial charge on any atom is -0.497 e. The van der Waals surface area contributed by atoms with E-state index in [2.05, 4.69) is 15.4 Å². The van der Waals surface area contributed by atoms with Crippen LogP contribution in [0.15, 0.2) is 18.2 Å². The molecule has 0 aromatic heterocycles. The summed E-state index contributed by atoms with van der Waals surface area (Å²) in [5, 5.41) is 5.79. The van der Waals surface area contributed by atoms with Crippen molar-refractivity contribution in [3.63, 3.8) is 0 Å². The highest BCUT2D eigenvalue weighted by Gasteiger charge is 2.19. The van der Waals surface area contributed by atoms with Gasteiger partial charge in [-0.15, -0.1) is 0 Å². The Hall–Kier alpha value is -1.89. The summed E-state index contributed by atoms with van der Waals surface area (Å²) in [4.78, 5) is 12.0. The third-order valence-electron chi connectivity index (χ3n) is 3.31. The van der Waals surface area contributed by atoms with E-state index in [0.29, 0.717) is 12.2 Å². The number of halogens is 2. The van der Waals surface area contributed by atoms with Crippen molar-refractivity contribution < 1.29 is 23.0 Å². The predicted octanol–water partition coefficient (Wildman–Crippen LogP) is 2.23. The van der Waals surface area contributed by atoms with Gasteiger partial charge in [0.1, 0.15) is 11.5 Å². The fraction of sp³-hybridized carbons (Fsp3) is 0.500. The predicted molar refractivity (Wildman–Crippen MR) is 73.8 cm³/mol. The van der Waals surface area contributed by atoms with E-state index in [9.17, 15) is 13.6 Å². The summed E-state index contributed by atoms with van der Waals surface area (Å²) < 4.78 is 34.2. The molecular weight excluding hydrogens is 282 g/mol. The van der Waals surface area contributed by atoms with Gasteiger partial charge in [-0.1, -0.05) is 0 Å². The molecule has 1 aliphatic rings. The van der Waals surface area contributed by atoms with Gasteiger partial charge >= 0.3 is 6.61 Å². The molecule has 1 atom stereocenters. The second kappa shape index (κ2) is 7.21. The SMILES string of the molecule is COc1ccc(OC(F)F)c(NC(=O)CC2CCNC2)c1. The number of benzene rings is 1. The molecule has 0 spiro atoms. The fourth-order valence-corrected chi connectivity index (χ4v) is 2.28. The maximum atomic E-state index is 12.4. The fourth-order valence-electron chi connectivity index (χ4n) is 2.28. The summed E-state index contributed by atoms with van der Waals surface area (Å²) in [6.07, 6.45) is 1.28. The molecule has 116 valence electrons. The van der Waals surface area contributed by atoms with E-state index >= 15 is 0 Å². The molecule has 1 aromatic rings. The van der Waals surface area contributed by atoms with E-state index < -0.39 is 6.61 Å². The van der Waals surface area contributed by atoms with Crippen molar-refractivity contribution in [2.24, 2.45) is 5.92 Å². The van der Waals surface area contributed by atoms with Crippen molar-refractivity contribution in [3.05, 3.63) is 18.2 Å². The molecule has 2 rings (SSSR count). The lowest BCUT2D eigenvalue weighted by molar-refractivity contribution is -0.117. The normalized spacial score (nSPS) is 17.8. The van der Waals surface area contributed by atoms with Crippen molar-refractivity contribution in [1.29, 1.82) is 0 Å². The van der Waals surface area contributed by atoms with Crippen molar-refractivity contribution in [3.8, 4) is 11.5 Å². The van der Waals surface area contributed by atoms with E-state index in [-0.39, 0.29) is 23.3 Å². The quantitative estimate of drug-likeness (QED) is 0.846. The number of methoxy groups -OCH3 is 1. The molecule has 1 amide bonds. The van der Waals surface area contributed by atoms with Gasteiger partial charge in [-0.2, -0.15) is 8.78 Å². The molecule has 7 heteroatoms. The first-order valence-electron chi connectivity index (χ1n) is 6.72. The molecule has 0 saturated carbocycles. The molecule has 1 heterocycles. The summed E-state index contributed by atoms with van der Waals surface area (Å²) in [7, 11) is 1.46. The lowest BCUT2D eigenvalue weighted by Gasteiger charge is -2.14. The average Bonchev–Trinajstić information content (AvgIpc) is 2.93. The number of ether oxygens (including phenoxy) is 2. The van der Waals surface area contributed by atoms with Gasteiger partial charge in [0, 0.05) is 12.5 Å². The Bertz CT molecular complexity index is 491. The Labute approximate surface area is 121 Å². The average molecular weight is 300 g/mol. The zero-order valence-corrected chi connectivity index (χ0v) is 11.7. The van der Waals surface area contributed by atoms with Crippen LogP contribution >= 0.6 is 0 Å². The van der Waals surface area contributed by atoms with E-state index in [4.69, 9.17) is 4.74 Å². The lowest BCUT2D eigenvalue weighted by atomic mass is 10.0. The van der Waals surface area contributed by atoms with E-state index in [0.717, 1.165) is 19.5 Å². The van der Waals surface area contributed by atoms with Gasteiger partial charge in [-0.05, 0) is 37.6 Å². The van der Waals surface area contributed by atoms with Crippen LogP contribution in [0, 0.1) is 5.92 Å². The third kappa shape index (κ3) is 4.56. The Kier molecular flexibility index (Phi) is 5.32. The van der Waals surface area contributed by atoms with Crippen LogP contribution in [0.1, 0.15) is 12.8 Å². The van der Waals surface area contributed by atoms with Crippen LogP contribution in [0.3, 0.4) is 0 Å². The van der Waals surface area contributed by atoms with Crippen molar-refractivity contribution >= 4 is 11.6 Å². The Balaban J connectivity index is 2.06. The molecule has 0 radical (unpaired) electrons. The van der Waals surface area contributed by atoms with Gasteiger partial charge in [0.15, 0.2) is 0 Å². The van der Waals surface area contributed by atoms with Crippen LogP contribution in [0.4, 0.5) is 14.5 Å². The van der Waals surface area contributed by atoms with Crippen LogP contribution in [-0.4, -0.2) is 32.7 Å². The topological polar surface area (TPSA) is 59.6 Å². The number of carbonyl (C=O) groups is 1. The molecule has 1 fully saturated rings. The monoisotopic (exact) mass is 300 g/mol. The molecule has 0 bridgehead atoms. The van der Waals surface area contributed by atoms with Crippen LogP contribution < -0.4 is 20.1 Å². The molecular formula is C14H18F2N2O3. The summed E-state index contributed by atoms with van der Waals surface area (Å²) in [6, 6.07) is 4.30. The number of alkyl halides is 2. The van der Waals surface area contributed by atoms with E-state index in [1.54, 1.807) is 0 Å². The van der Waals surface area contributed by atoms with Gasteiger partial charge < -0.3 is 20.1 Å². The summed E-state index contributed by atoms with van der Waals surface area (Å²) in [6.45, 7) is -1.25. The smallest absolute Gasteiger partial charge is 0.387 e. The van der Waals surface area contributed by atoms with Gasteiger partial charge in [-0.3, -0.25) is 4.79 Å². The lowest BCUT2D eigenvalue weighted by Crippen LogP contribution is -2.19. The number of hydrogen-bond acceptors (Lipinski definition) is 4. The molecule has 5 nitrogen and oxygen atoms in total. The van der Waals surface area contributed by atoms with Crippen molar-refractivity contribution in [2.75, 3.05) is 25.5 Å². The second-order valence-electron chi connectivity index (χ2n) is 4.85. The largest absolute Gasteiger partial charge is 0.497 e. The van der Waals surface area contributed by atoms with Crippen molar-refractivity contribution in [1.82, 2.24) is 5.32 Å². The number of hydrogen-bond donors (Lipinski definition) is 2. The molecule has 0 aliphatic carbocycles. The Morgan fingerprint density at radius 3 is 2.95 bits per heavy atom. The highest BCUT2D eigenvalue weighted by molar-refractivity contribution is 5.92. The molecule has 1 aromatic carbocycles. The zero-order chi connectivity index (χ0) is 15.2. The first-order chi connectivity index (χ1) is 10.1. The van der Waals surface area contributed by atoms with Crippen LogP contribution in [0.5, 0.6) is 11.5 Å². The highest BCUT2D eigenvalue weighted by Crippen LogP contribution is 2.30. The van der Waals surface area contributed by atoms with Crippen LogP contribution in [0.2, 0.25) is 0 Å². The Morgan fingerprint density at radius 2 is 2.33 bits per heavy atom. The van der Waals surface area contributed by atoms with Gasteiger partial charge in [0.2, 0.25) is 5.91 Å². The minimum atomic E-state index is -2.95.